The highest BCUT2D eigenvalue weighted by Gasteiger charge is 1.99. The van der Waals surface area contributed by atoms with Crippen molar-refractivity contribution in [1.29, 1.82) is 0 Å². The third-order valence-corrected chi connectivity index (χ3v) is 2.56. The summed E-state index contributed by atoms with van der Waals surface area (Å²) < 4.78 is 15.8. The number of nitrogens with one attached hydrogen (secondary N) is 1. The molecule has 0 saturated heterocycles. The molecule has 0 aliphatic heterocycles. The van der Waals surface area contributed by atoms with Gasteiger partial charge in [0.2, 0.25) is 0 Å². The summed E-state index contributed by atoms with van der Waals surface area (Å²) in [4.78, 5) is 0. The van der Waals surface area contributed by atoms with Crippen LogP contribution < -0.4 is 14.8 Å². The Morgan fingerprint density at radius 2 is 1.78 bits per heavy atom. The molecule has 0 aliphatic carbocycles. The molecule has 0 fully saturated rings. The molecule has 0 saturated carbocycles. The highest BCUT2D eigenvalue weighted by Crippen LogP contribution is 2.16. The number of hydrogen-bond acceptors (Lipinski definition) is 4. The fraction of sp³-hybridized carbons (Fsp3) is 0.571. The van der Waals surface area contributed by atoms with E-state index in [-0.39, 0.29) is 0 Å². The van der Waals surface area contributed by atoms with Crippen LogP contribution in [0.1, 0.15) is 13.3 Å². The summed E-state index contributed by atoms with van der Waals surface area (Å²) in [6, 6.07) is 8.01. The van der Waals surface area contributed by atoms with Gasteiger partial charge in [0.25, 0.3) is 0 Å². The molecule has 0 heterocycles. The van der Waals surface area contributed by atoms with Crippen LogP contribution >= 0.6 is 0 Å². The highest BCUT2D eigenvalue weighted by atomic mass is 16.5. The van der Waals surface area contributed by atoms with Crippen molar-refractivity contribution in [3.8, 4) is 11.5 Å². The molecule has 1 aromatic rings. The first-order valence-corrected chi connectivity index (χ1v) is 6.25. The molecule has 1 aromatic carbocycles. The number of ether oxygens (including phenoxy) is 3. The van der Waals surface area contributed by atoms with Crippen molar-refractivity contribution < 1.29 is 14.2 Å². The van der Waals surface area contributed by atoms with Crippen LogP contribution in [0.15, 0.2) is 24.3 Å². The van der Waals surface area contributed by atoms with Gasteiger partial charge in [-0.25, -0.2) is 0 Å². The molecule has 1 unspecified atom stereocenters. The Morgan fingerprint density at radius 3 is 2.39 bits per heavy atom. The maximum atomic E-state index is 5.62. The molecule has 0 amide bonds. The minimum atomic E-state index is 0.385. The maximum Gasteiger partial charge on any atom is 0.119 e. The molecule has 0 radical (unpaired) electrons. The van der Waals surface area contributed by atoms with Gasteiger partial charge in [0, 0.05) is 13.2 Å². The zero-order valence-electron chi connectivity index (χ0n) is 11.4. The van der Waals surface area contributed by atoms with Gasteiger partial charge in [-0.3, -0.25) is 0 Å². The Kier molecular flexibility index (Phi) is 7.22. The first kappa shape index (κ1) is 14.8. The lowest BCUT2D eigenvalue weighted by Crippen LogP contribution is -2.31. The van der Waals surface area contributed by atoms with Gasteiger partial charge in [0.05, 0.1) is 20.3 Å². The standard InChI is InChI=1S/C14H23NO3/c1-12(11-16-2)15-9-4-10-18-14-7-5-13(17-3)6-8-14/h5-8,12,15H,4,9-11H2,1-3H3. The van der Waals surface area contributed by atoms with Crippen LogP contribution in [0.2, 0.25) is 0 Å². The van der Waals surface area contributed by atoms with Crippen LogP contribution in [-0.2, 0) is 4.74 Å². The maximum absolute atomic E-state index is 5.62. The average molecular weight is 253 g/mol. The van der Waals surface area contributed by atoms with Crippen LogP contribution in [0.4, 0.5) is 0 Å². The smallest absolute Gasteiger partial charge is 0.119 e. The van der Waals surface area contributed by atoms with Crippen LogP contribution in [-0.4, -0.2) is 40.0 Å². The molecule has 0 spiro atoms. The van der Waals surface area contributed by atoms with Gasteiger partial charge in [-0.15, -0.1) is 0 Å². The van der Waals surface area contributed by atoms with Crippen LogP contribution in [0, 0.1) is 0 Å². The molecular weight excluding hydrogens is 230 g/mol. The zero-order chi connectivity index (χ0) is 13.2. The van der Waals surface area contributed by atoms with E-state index >= 15 is 0 Å². The van der Waals surface area contributed by atoms with Crippen molar-refractivity contribution in [3.05, 3.63) is 24.3 Å². The quantitative estimate of drug-likeness (QED) is 0.684. The number of methoxy groups -OCH3 is 2. The highest BCUT2D eigenvalue weighted by molar-refractivity contribution is 5.31. The molecule has 0 aliphatic rings. The van der Waals surface area contributed by atoms with Crippen molar-refractivity contribution in [1.82, 2.24) is 5.32 Å². The van der Waals surface area contributed by atoms with Crippen molar-refractivity contribution in [2.75, 3.05) is 34.0 Å². The zero-order valence-corrected chi connectivity index (χ0v) is 11.4. The average Bonchev–Trinajstić information content (AvgIpc) is 2.39. The normalized spacial score (nSPS) is 12.2. The summed E-state index contributed by atoms with van der Waals surface area (Å²) in [5.41, 5.74) is 0. The number of hydrogen-bond donors (Lipinski definition) is 1. The second-order valence-corrected chi connectivity index (χ2v) is 4.19. The Hall–Kier alpha value is -1.26. The predicted octanol–water partition coefficient (Wildman–Crippen LogP) is 2.09. The van der Waals surface area contributed by atoms with Crippen molar-refractivity contribution in [3.63, 3.8) is 0 Å². The van der Waals surface area contributed by atoms with E-state index in [1.165, 1.54) is 0 Å². The summed E-state index contributed by atoms with van der Waals surface area (Å²) in [6.45, 7) is 4.48. The minimum Gasteiger partial charge on any atom is -0.497 e. The first-order chi connectivity index (χ1) is 8.76. The second kappa shape index (κ2) is 8.78. The van der Waals surface area contributed by atoms with E-state index in [1.54, 1.807) is 14.2 Å². The molecule has 4 heteroatoms. The topological polar surface area (TPSA) is 39.7 Å². The molecular formula is C14H23NO3. The SMILES string of the molecule is COCC(C)NCCCOc1ccc(OC)cc1. The van der Waals surface area contributed by atoms with E-state index in [0.29, 0.717) is 12.6 Å². The van der Waals surface area contributed by atoms with E-state index < -0.39 is 0 Å². The number of benzene rings is 1. The fourth-order valence-corrected chi connectivity index (χ4v) is 1.59. The Bertz CT molecular complexity index is 313. The Morgan fingerprint density at radius 1 is 1.11 bits per heavy atom. The van der Waals surface area contributed by atoms with Crippen molar-refractivity contribution >= 4 is 0 Å². The van der Waals surface area contributed by atoms with E-state index in [0.717, 1.165) is 31.1 Å². The lowest BCUT2D eigenvalue weighted by atomic mass is 10.3. The lowest BCUT2D eigenvalue weighted by molar-refractivity contribution is 0.171. The monoisotopic (exact) mass is 253 g/mol. The van der Waals surface area contributed by atoms with E-state index in [4.69, 9.17) is 14.2 Å². The van der Waals surface area contributed by atoms with Gasteiger partial charge >= 0.3 is 0 Å². The second-order valence-electron chi connectivity index (χ2n) is 4.19. The van der Waals surface area contributed by atoms with Crippen molar-refractivity contribution in [2.24, 2.45) is 0 Å². The van der Waals surface area contributed by atoms with Gasteiger partial charge in [0.1, 0.15) is 11.5 Å². The van der Waals surface area contributed by atoms with E-state index in [1.807, 2.05) is 24.3 Å². The van der Waals surface area contributed by atoms with E-state index in [2.05, 4.69) is 12.2 Å². The number of rotatable bonds is 9. The van der Waals surface area contributed by atoms with Gasteiger partial charge in [-0.1, -0.05) is 0 Å². The van der Waals surface area contributed by atoms with Crippen LogP contribution in [0.3, 0.4) is 0 Å². The van der Waals surface area contributed by atoms with Crippen LogP contribution in [0.25, 0.3) is 0 Å². The summed E-state index contributed by atoms with van der Waals surface area (Å²) in [5, 5.41) is 3.36. The largest absolute Gasteiger partial charge is 0.497 e. The third kappa shape index (κ3) is 5.89. The van der Waals surface area contributed by atoms with Gasteiger partial charge in [-0.05, 0) is 44.2 Å². The molecule has 0 aromatic heterocycles. The summed E-state index contributed by atoms with van der Waals surface area (Å²) in [7, 11) is 3.37. The lowest BCUT2D eigenvalue weighted by Gasteiger charge is -2.12. The van der Waals surface area contributed by atoms with E-state index in [9.17, 15) is 0 Å². The van der Waals surface area contributed by atoms with Crippen molar-refractivity contribution in [2.45, 2.75) is 19.4 Å². The molecule has 102 valence electrons. The van der Waals surface area contributed by atoms with Gasteiger partial charge in [-0.2, -0.15) is 0 Å². The summed E-state index contributed by atoms with van der Waals surface area (Å²) in [6.07, 6.45) is 0.972. The Labute approximate surface area is 109 Å². The van der Waals surface area contributed by atoms with Gasteiger partial charge in [0.15, 0.2) is 0 Å². The predicted molar refractivity (Wildman–Crippen MR) is 72.4 cm³/mol. The van der Waals surface area contributed by atoms with Crippen LogP contribution in [0.5, 0.6) is 11.5 Å². The molecule has 1 N–H and O–H groups in total. The molecule has 18 heavy (non-hydrogen) atoms. The molecule has 0 bridgehead atoms. The Balaban J connectivity index is 2.10. The molecule has 1 atom stereocenters. The molecule has 1 rings (SSSR count). The third-order valence-electron chi connectivity index (χ3n) is 2.56. The fourth-order valence-electron chi connectivity index (χ4n) is 1.59. The minimum absolute atomic E-state index is 0.385. The summed E-state index contributed by atoms with van der Waals surface area (Å²) in [5.74, 6) is 1.72. The van der Waals surface area contributed by atoms with Gasteiger partial charge < -0.3 is 19.5 Å². The molecule has 4 nitrogen and oxygen atoms in total. The summed E-state index contributed by atoms with van der Waals surface area (Å²) >= 11 is 0. The first-order valence-electron chi connectivity index (χ1n) is 6.25.